The van der Waals surface area contributed by atoms with Crippen molar-refractivity contribution in [3.8, 4) is 0 Å². The van der Waals surface area contributed by atoms with Gasteiger partial charge in [-0.15, -0.1) is 0 Å². The first-order chi connectivity index (χ1) is 7.70. The van der Waals surface area contributed by atoms with E-state index in [4.69, 9.17) is 0 Å². The maximum absolute atomic E-state index is 11.6. The van der Waals surface area contributed by atoms with E-state index >= 15 is 0 Å². The van der Waals surface area contributed by atoms with Crippen molar-refractivity contribution in [3.63, 3.8) is 0 Å². The van der Waals surface area contributed by atoms with Crippen LogP contribution in [0, 0.1) is 5.92 Å². The molecule has 1 aliphatic heterocycles. The van der Waals surface area contributed by atoms with Gasteiger partial charge in [-0.25, -0.2) is 0 Å². The molecule has 90 valence electrons. The number of nitrogens with zero attached hydrogens (tertiary/aromatic N) is 1. The molecule has 3 heteroatoms. The number of amides is 1. The summed E-state index contributed by atoms with van der Waals surface area (Å²) in [6, 6.07) is 0.354. The van der Waals surface area contributed by atoms with Crippen LogP contribution in [0.15, 0.2) is 0 Å². The van der Waals surface area contributed by atoms with Crippen molar-refractivity contribution in [2.75, 3.05) is 6.54 Å². The first-order valence-corrected chi connectivity index (χ1v) is 6.52. The standard InChI is InChI=1S/C13H21NO2/c1-2-3-10-4-6-11(7-5-10)14-9-12(15)8-13(14)16/h10-11H,2-9H2,1H3. The van der Waals surface area contributed by atoms with Gasteiger partial charge in [0, 0.05) is 6.04 Å². The van der Waals surface area contributed by atoms with Crippen LogP contribution >= 0.6 is 0 Å². The molecule has 0 aromatic rings. The van der Waals surface area contributed by atoms with Crippen LogP contribution in [0.5, 0.6) is 0 Å². The summed E-state index contributed by atoms with van der Waals surface area (Å²) in [4.78, 5) is 24.6. The lowest BCUT2D eigenvalue weighted by molar-refractivity contribution is -0.130. The highest BCUT2D eigenvalue weighted by atomic mass is 16.2. The summed E-state index contributed by atoms with van der Waals surface area (Å²) in [5, 5.41) is 0. The Labute approximate surface area is 97.2 Å². The summed E-state index contributed by atoms with van der Waals surface area (Å²) in [5.41, 5.74) is 0. The second-order valence-corrected chi connectivity index (χ2v) is 5.20. The Balaban J connectivity index is 1.85. The topological polar surface area (TPSA) is 37.4 Å². The molecule has 0 unspecified atom stereocenters. The van der Waals surface area contributed by atoms with E-state index in [0.717, 1.165) is 18.8 Å². The average molecular weight is 223 g/mol. The zero-order valence-electron chi connectivity index (χ0n) is 10.1. The number of hydrogen-bond acceptors (Lipinski definition) is 2. The summed E-state index contributed by atoms with van der Waals surface area (Å²) in [6.45, 7) is 2.61. The number of ketones is 1. The normalized spacial score (nSPS) is 31.2. The quantitative estimate of drug-likeness (QED) is 0.687. The van der Waals surface area contributed by atoms with Crippen molar-refractivity contribution in [3.05, 3.63) is 0 Å². The molecule has 0 N–H and O–H groups in total. The molecule has 0 spiro atoms. The third-order valence-electron chi connectivity index (χ3n) is 3.97. The Bertz CT molecular complexity index is 280. The summed E-state index contributed by atoms with van der Waals surface area (Å²) in [7, 11) is 0. The predicted molar refractivity (Wildman–Crippen MR) is 62.0 cm³/mol. The minimum atomic E-state index is 0.0592. The van der Waals surface area contributed by atoms with Gasteiger partial charge in [0.1, 0.15) is 0 Å². The van der Waals surface area contributed by atoms with E-state index in [1.165, 1.54) is 25.7 Å². The highest BCUT2D eigenvalue weighted by Crippen LogP contribution is 2.31. The van der Waals surface area contributed by atoms with Crippen molar-refractivity contribution in [1.82, 2.24) is 4.90 Å². The molecule has 1 amide bonds. The van der Waals surface area contributed by atoms with Gasteiger partial charge >= 0.3 is 0 Å². The number of likely N-dealkylation sites (tertiary alicyclic amines) is 1. The van der Waals surface area contributed by atoms with Crippen LogP contribution in [0.2, 0.25) is 0 Å². The van der Waals surface area contributed by atoms with Crippen molar-refractivity contribution < 1.29 is 9.59 Å². The molecule has 0 aromatic heterocycles. The molecule has 16 heavy (non-hydrogen) atoms. The Morgan fingerprint density at radius 1 is 1.19 bits per heavy atom. The summed E-state index contributed by atoms with van der Waals surface area (Å²) in [6.07, 6.45) is 7.39. The molecular formula is C13H21NO2. The highest BCUT2D eigenvalue weighted by Gasteiger charge is 2.34. The third kappa shape index (κ3) is 2.45. The molecule has 1 saturated heterocycles. The van der Waals surface area contributed by atoms with Gasteiger partial charge in [-0.1, -0.05) is 19.8 Å². The van der Waals surface area contributed by atoms with E-state index in [9.17, 15) is 9.59 Å². The van der Waals surface area contributed by atoms with Crippen molar-refractivity contribution in [1.29, 1.82) is 0 Å². The van der Waals surface area contributed by atoms with Gasteiger partial charge in [0.05, 0.1) is 13.0 Å². The molecule has 1 saturated carbocycles. The summed E-state index contributed by atoms with van der Waals surface area (Å²) in [5.74, 6) is 1.01. The number of rotatable bonds is 3. The molecule has 2 aliphatic rings. The van der Waals surface area contributed by atoms with Gasteiger partial charge in [0.15, 0.2) is 5.78 Å². The fourth-order valence-electron chi connectivity index (χ4n) is 3.09. The molecule has 0 aromatic carbocycles. The van der Waals surface area contributed by atoms with Crippen LogP contribution in [0.3, 0.4) is 0 Å². The van der Waals surface area contributed by atoms with Crippen molar-refractivity contribution >= 4 is 11.7 Å². The van der Waals surface area contributed by atoms with Crippen LogP contribution in [-0.2, 0) is 9.59 Å². The zero-order valence-corrected chi connectivity index (χ0v) is 10.1. The van der Waals surface area contributed by atoms with E-state index < -0.39 is 0 Å². The van der Waals surface area contributed by atoms with Crippen LogP contribution < -0.4 is 0 Å². The molecule has 1 heterocycles. The largest absolute Gasteiger partial charge is 0.332 e. The third-order valence-corrected chi connectivity index (χ3v) is 3.97. The lowest BCUT2D eigenvalue weighted by atomic mass is 9.83. The number of Topliss-reactive ketones (excluding diaryl/α,β-unsaturated/α-hetero) is 1. The maximum atomic E-state index is 11.6. The molecule has 0 atom stereocenters. The number of carbonyl (C=O) groups is 2. The SMILES string of the molecule is CCCC1CCC(N2CC(=O)CC2=O)CC1. The van der Waals surface area contributed by atoms with Gasteiger partial charge in [-0.05, 0) is 31.6 Å². The Morgan fingerprint density at radius 2 is 1.88 bits per heavy atom. The first-order valence-electron chi connectivity index (χ1n) is 6.52. The van der Waals surface area contributed by atoms with Crippen molar-refractivity contribution in [2.45, 2.75) is 57.9 Å². The Morgan fingerprint density at radius 3 is 2.38 bits per heavy atom. The van der Waals surface area contributed by atoms with E-state index in [1.54, 1.807) is 0 Å². The molecule has 2 fully saturated rings. The maximum Gasteiger partial charge on any atom is 0.230 e. The summed E-state index contributed by atoms with van der Waals surface area (Å²) < 4.78 is 0. The molecule has 3 nitrogen and oxygen atoms in total. The van der Waals surface area contributed by atoms with E-state index in [0.29, 0.717) is 12.6 Å². The van der Waals surface area contributed by atoms with E-state index in [1.807, 2.05) is 4.90 Å². The van der Waals surface area contributed by atoms with Crippen molar-refractivity contribution in [2.24, 2.45) is 5.92 Å². The average Bonchev–Trinajstić information content (AvgIpc) is 2.59. The Kier molecular flexibility index (Phi) is 3.62. The summed E-state index contributed by atoms with van der Waals surface area (Å²) >= 11 is 0. The van der Waals surface area contributed by atoms with Gasteiger partial charge in [0.25, 0.3) is 0 Å². The van der Waals surface area contributed by atoms with Gasteiger partial charge in [0.2, 0.25) is 5.91 Å². The predicted octanol–water partition coefficient (Wildman–Crippen LogP) is 2.15. The van der Waals surface area contributed by atoms with Crippen LogP contribution in [-0.4, -0.2) is 29.2 Å². The highest BCUT2D eigenvalue weighted by molar-refractivity contribution is 6.05. The van der Waals surface area contributed by atoms with Gasteiger partial charge < -0.3 is 4.90 Å². The fraction of sp³-hybridized carbons (Fsp3) is 0.846. The van der Waals surface area contributed by atoms with Crippen LogP contribution in [0.25, 0.3) is 0 Å². The number of hydrogen-bond donors (Lipinski definition) is 0. The molecule has 0 bridgehead atoms. The second kappa shape index (κ2) is 4.98. The van der Waals surface area contributed by atoms with Crippen LogP contribution in [0.4, 0.5) is 0 Å². The first kappa shape index (κ1) is 11.6. The Hall–Kier alpha value is -0.860. The molecular weight excluding hydrogens is 202 g/mol. The van der Waals surface area contributed by atoms with Gasteiger partial charge in [-0.2, -0.15) is 0 Å². The lowest BCUT2D eigenvalue weighted by Gasteiger charge is -2.34. The van der Waals surface area contributed by atoms with E-state index in [2.05, 4.69) is 6.92 Å². The minimum absolute atomic E-state index is 0.0592. The molecule has 0 radical (unpaired) electrons. The number of carbonyl (C=O) groups excluding carboxylic acids is 2. The second-order valence-electron chi connectivity index (χ2n) is 5.20. The smallest absolute Gasteiger partial charge is 0.230 e. The molecule has 2 rings (SSSR count). The van der Waals surface area contributed by atoms with E-state index in [-0.39, 0.29) is 18.1 Å². The molecule has 1 aliphatic carbocycles. The van der Waals surface area contributed by atoms with Gasteiger partial charge in [-0.3, -0.25) is 9.59 Å². The lowest BCUT2D eigenvalue weighted by Crippen LogP contribution is -2.39. The zero-order chi connectivity index (χ0) is 11.5. The monoisotopic (exact) mass is 223 g/mol. The minimum Gasteiger partial charge on any atom is -0.332 e. The fourth-order valence-corrected chi connectivity index (χ4v) is 3.09. The van der Waals surface area contributed by atoms with Crippen LogP contribution in [0.1, 0.15) is 51.9 Å².